The summed E-state index contributed by atoms with van der Waals surface area (Å²) in [5, 5.41) is 3.08. The monoisotopic (exact) mass is 280 g/mol. The van der Waals surface area contributed by atoms with Crippen molar-refractivity contribution in [1.82, 2.24) is 9.97 Å². The van der Waals surface area contributed by atoms with E-state index in [0.717, 1.165) is 31.9 Å². The Morgan fingerprint density at radius 3 is 2.94 bits per heavy atom. The van der Waals surface area contributed by atoms with E-state index in [-0.39, 0.29) is 35.6 Å². The Balaban J connectivity index is 0.00000144. The Morgan fingerprint density at radius 2 is 2.24 bits per heavy atom. The second kappa shape index (κ2) is 6.33. The molecule has 1 fully saturated rings. The zero-order valence-electron chi connectivity index (χ0n) is 9.20. The molecule has 0 aliphatic heterocycles. The molecule has 0 saturated heterocycles. The quantitative estimate of drug-likeness (QED) is 0.817. The molecule has 0 aromatic carbocycles. The van der Waals surface area contributed by atoms with Gasteiger partial charge in [-0.3, -0.25) is 0 Å². The van der Waals surface area contributed by atoms with Gasteiger partial charge in [-0.25, -0.2) is 9.37 Å². The van der Waals surface area contributed by atoms with Gasteiger partial charge in [0.15, 0.2) is 11.6 Å². The fourth-order valence-corrected chi connectivity index (χ4v) is 2.13. The van der Waals surface area contributed by atoms with E-state index in [4.69, 9.17) is 17.3 Å². The van der Waals surface area contributed by atoms with E-state index in [1.807, 2.05) is 0 Å². The fraction of sp³-hybridized carbons (Fsp3) is 0.600. The van der Waals surface area contributed by atoms with Crippen molar-refractivity contribution in [3.63, 3.8) is 0 Å². The third-order valence-electron chi connectivity index (χ3n) is 2.77. The molecule has 2 rings (SSSR count). The summed E-state index contributed by atoms with van der Waals surface area (Å²) in [7, 11) is 0. The average molecular weight is 281 g/mol. The van der Waals surface area contributed by atoms with Crippen LogP contribution in [0.4, 0.5) is 10.2 Å². The lowest BCUT2D eigenvalue weighted by Gasteiger charge is -2.27. The predicted molar refractivity (Wildman–Crippen MR) is 68.1 cm³/mol. The zero-order valence-corrected chi connectivity index (χ0v) is 10.8. The lowest BCUT2D eigenvalue weighted by atomic mass is 9.92. The first-order valence-corrected chi connectivity index (χ1v) is 5.73. The number of aromatic nitrogens is 2. The Kier molecular flexibility index (Phi) is 5.36. The lowest BCUT2D eigenvalue weighted by molar-refractivity contribution is 0.407. The molecule has 1 aliphatic rings. The van der Waals surface area contributed by atoms with Gasteiger partial charge in [0, 0.05) is 12.1 Å². The number of rotatable bonds is 2. The summed E-state index contributed by atoms with van der Waals surface area (Å²) < 4.78 is 13.3. The van der Waals surface area contributed by atoms with Crippen molar-refractivity contribution in [1.29, 1.82) is 0 Å². The van der Waals surface area contributed by atoms with Crippen molar-refractivity contribution in [3.05, 3.63) is 17.3 Å². The Bertz CT molecular complexity index is 377. The van der Waals surface area contributed by atoms with Crippen molar-refractivity contribution in [2.24, 2.45) is 5.73 Å². The number of nitrogens with two attached hydrogens (primary N) is 1. The van der Waals surface area contributed by atoms with Crippen LogP contribution in [0, 0.1) is 5.82 Å². The van der Waals surface area contributed by atoms with E-state index >= 15 is 0 Å². The van der Waals surface area contributed by atoms with Crippen molar-refractivity contribution < 1.29 is 4.39 Å². The number of hydrogen-bond donors (Lipinski definition) is 2. The minimum Gasteiger partial charge on any atom is -0.365 e. The van der Waals surface area contributed by atoms with E-state index < -0.39 is 5.82 Å². The Morgan fingerprint density at radius 1 is 1.47 bits per heavy atom. The average Bonchev–Trinajstić information content (AvgIpc) is 2.24. The summed E-state index contributed by atoms with van der Waals surface area (Å²) in [5.74, 6) is -0.317. The van der Waals surface area contributed by atoms with Gasteiger partial charge in [0.2, 0.25) is 5.28 Å². The number of halogens is 3. The maximum absolute atomic E-state index is 13.3. The third kappa shape index (κ3) is 3.94. The highest BCUT2D eigenvalue weighted by molar-refractivity contribution is 6.28. The number of nitrogens with one attached hydrogen (secondary N) is 1. The highest BCUT2D eigenvalue weighted by Gasteiger charge is 2.20. The smallest absolute Gasteiger partial charge is 0.224 e. The molecule has 17 heavy (non-hydrogen) atoms. The van der Waals surface area contributed by atoms with Crippen LogP contribution in [-0.2, 0) is 0 Å². The molecule has 1 saturated carbocycles. The normalized spacial score (nSPS) is 23.9. The van der Waals surface area contributed by atoms with Crippen LogP contribution in [0.2, 0.25) is 5.28 Å². The van der Waals surface area contributed by atoms with Gasteiger partial charge in [-0.15, -0.1) is 12.4 Å². The van der Waals surface area contributed by atoms with Crippen LogP contribution in [0.15, 0.2) is 6.20 Å². The fourth-order valence-electron chi connectivity index (χ4n) is 2.00. The molecular weight excluding hydrogens is 266 g/mol. The molecule has 1 aromatic heterocycles. The Labute approximate surface area is 111 Å². The van der Waals surface area contributed by atoms with E-state index in [0.29, 0.717) is 0 Å². The van der Waals surface area contributed by atoms with Crippen LogP contribution in [0.1, 0.15) is 25.7 Å². The highest BCUT2D eigenvalue weighted by Crippen LogP contribution is 2.21. The van der Waals surface area contributed by atoms with Gasteiger partial charge in [-0.2, -0.15) is 4.98 Å². The second-order valence-electron chi connectivity index (χ2n) is 4.10. The van der Waals surface area contributed by atoms with Crippen LogP contribution in [0.3, 0.4) is 0 Å². The lowest BCUT2D eigenvalue weighted by Crippen LogP contribution is -2.35. The maximum atomic E-state index is 13.3. The number of anilines is 1. The summed E-state index contributed by atoms with van der Waals surface area (Å²) >= 11 is 5.61. The summed E-state index contributed by atoms with van der Waals surface area (Å²) in [4.78, 5) is 7.38. The van der Waals surface area contributed by atoms with Crippen molar-refractivity contribution >= 4 is 29.8 Å². The molecular formula is C10H15Cl2FN4. The molecule has 0 amide bonds. The molecule has 0 spiro atoms. The second-order valence-corrected chi connectivity index (χ2v) is 4.44. The Hall–Kier alpha value is -0.650. The van der Waals surface area contributed by atoms with E-state index in [2.05, 4.69) is 15.3 Å². The summed E-state index contributed by atoms with van der Waals surface area (Å²) in [6.45, 7) is 0. The predicted octanol–water partition coefficient (Wildman–Crippen LogP) is 2.37. The van der Waals surface area contributed by atoms with Crippen LogP contribution < -0.4 is 11.1 Å². The molecule has 0 bridgehead atoms. The summed E-state index contributed by atoms with van der Waals surface area (Å²) in [6, 6.07) is 0.357. The maximum Gasteiger partial charge on any atom is 0.224 e. The molecule has 2 atom stereocenters. The van der Waals surface area contributed by atoms with Gasteiger partial charge in [0.25, 0.3) is 0 Å². The van der Waals surface area contributed by atoms with Gasteiger partial charge in [0.1, 0.15) is 0 Å². The van der Waals surface area contributed by atoms with Crippen LogP contribution in [-0.4, -0.2) is 22.1 Å². The van der Waals surface area contributed by atoms with E-state index in [1.165, 1.54) is 0 Å². The minimum absolute atomic E-state index is 0. The van der Waals surface area contributed by atoms with Crippen LogP contribution in [0.25, 0.3) is 0 Å². The van der Waals surface area contributed by atoms with E-state index in [1.54, 1.807) is 0 Å². The molecule has 1 heterocycles. The third-order valence-corrected chi connectivity index (χ3v) is 2.95. The number of nitrogens with zero attached hydrogens (tertiary/aromatic N) is 2. The molecule has 1 aliphatic carbocycles. The molecule has 0 unspecified atom stereocenters. The standard InChI is InChI=1S/C10H14ClFN4.ClH/c11-10-14-5-8(12)9(16-10)15-7-3-1-2-6(13)4-7;/h5-7H,1-4,13H2,(H,14,15,16);1H/t6-,7+;/m1./s1. The highest BCUT2D eigenvalue weighted by atomic mass is 35.5. The van der Waals surface area contributed by atoms with Gasteiger partial charge in [0.05, 0.1) is 6.20 Å². The molecule has 7 heteroatoms. The SMILES string of the molecule is Cl.N[C@@H]1CCC[C@H](Nc2nc(Cl)ncc2F)C1. The summed E-state index contributed by atoms with van der Waals surface area (Å²) in [6.07, 6.45) is 4.97. The van der Waals surface area contributed by atoms with Crippen molar-refractivity contribution in [2.75, 3.05) is 5.32 Å². The van der Waals surface area contributed by atoms with Crippen molar-refractivity contribution in [3.8, 4) is 0 Å². The van der Waals surface area contributed by atoms with E-state index in [9.17, 15) is 4.39 Å². The van der Waals surface area contributed by atoms with Gasteiger partial charge >= 0.3 is 0 Å². The number of hydrogen-bond acceptors (Lipinski definition) is 4. The first kappa shape index (κ1) is 14.4. The zero-order chi connectivity index (χ0) is 11.5. The van der Waals surface area contributed by atoms with Gasteiger partial charge in [-0.1, -0.05) is 0 Å². The largest absolute Gasteiger partial charge is 0.365 e. The van der Waals surface area contributed by atoms with Gasteiger partial charge in [-0.05, 0) is 37.3 Å². The molecule has 96 valence electrons. The minimum atomic E-state index is -0.483. The van der Waals surface area contributed by atoms with Crippen LogP contribution in [0.5, 0.6) is 0 Å². The topological polar surface area (TPSA) is 63.8 Å². The first-order valence-electron chi connectivity index (χ1n) is 5.35. The molecule has 1 aromatic rings. The first-order chi connectivity index (χ1) is 7.65. The molecule has 4 nitrogen and oxygen atoms in total. The molecule has 0 radical (unpaired) electrons. The van der Waals surface area contributed by atoms with Gasteiger partial charge < -0.3 is 11.1 Å². The molecule has 3 N–H and O–H groups in total. The van der Waals surface area contributed by atoms with Crippen LogP contribution >= 0.6 is 24.0 Å². The van der Waals surface area contributed by atoms with Crippen molar-refractivity contribution in [2.45, 2.75) is 37.8 Å². The summed E-state index contributed by atoms with van der Waals surface area (Å²) in [5.41, 5.74) is 5.85.